The van der Waals surface area contributed by atoms with Crippen molar-refractivity contribution in [3.63, 3.8) is 0 Å². The number of H-pyrrole nitrogens is 1. The zero-order valence-corrected chi connectivity index (χ0v) is 15.1. The molecule has 1 saturated heterocycles. The van der Waals surface area contributed by atoms with Crippen molar-refractivity contribution in [2.45, 2.75) is 23.8 Å². The first-order chi connectivity index (χ1) is 12.8. The highest BCUT2D eigenvalue weighted by atomic mass is 32.2. The number of fused-ring (bicyclic) bond motifs is 1. The Morgan fingerprint density at radius 2 is 1.92 bits per heavy atom. The van der Waals surface area contributed by atoms with Gasteiger partial charge in [-0.15, -0.1) is 0 Å². The van der Waals surface area contributed by atoms with Gasteiger partial charge >= 0.3 is 0 Å². The Balaban J connectivity index is 1.54. The molecule has 0 bridgehead atoms. The maximum absolute atomic E-state index is 12.4. The van der Waals surface area contributed by atoms with E-state index in [9.17, 15) is 4.79 Å². The molecule has 1 aliphatic heterocycles. The second kappa shape index (κ2) is 7.93. The molecular formula is C20H20N2O3S. The lowest BCUT2D eigenvalue weighted by atomic mass is 10.2. The van der Waals surface area contributed by atoms with Crippen molar-refractivity contribution in [2.24, 2.45) is 0 Å². The molecule has 0 unspecified atom stereocenters. The fourth-order valence-corrected chi connectivity index (χ4v) is 4.02. The van der Waals surface area contributed by atoms with E-state index < -0.39 is 0 Å². The molecule has 2 aromatic carbocycles. The number of hydrogen-bond acceptors (Lipinski definition) is 5. The Morgan fingerprint density at radius 3 is 2.73 bits per heavy atom. The molecule has 6 heteroatoms. The largest absolute Gasteiger partial charge is 0.457 e. The Bertz CT molecular complexity index is 937. The molecule has 1 aliphatic rings. The van der Waals surface area contributed by atoms with E-state index in [1.54, 1.807) is 12.1 Å². The van der Waals surface area contributed by atoms with Gasteiger partial charge in [-0.25, -0.2) is 4.98 Å². The summed E-state index contributed by atoms with van der Waals surface area (Å²) in [7, 11) is 0. The standard InChI is InChI=1S/C20H20N2O3S/c23-20-17-7-6-15(25-14-4-2-1-3-5-14)12-18(17)21-19(22-20)13-26-16-8-10-24-11-9-16/h1-7,12,16H,8-11,13H2,(H,21,22,23). The fraction of sp³-hybridized carbons (Fsp3) is 0.300. The third-order valence-corrected chi connectivity index (χ3v) is 5.71. The fourth-order valence-electron chi connectivity index (χ4n) is 2.96. The lowest BCUT2D eigenvalue weighted by Crippen LogP contribution is -2.18. The summed E-state index contributed by atoms with van der Waals surface area (Å²) in [6.07, 6.45) is 2.11. The second-order valence-electron chi connectivity index (χ2n) is 6.23. The molecular weight excluding hydrogens is 348 g/mol. The van der Waals surface area contributed by atoms with Crippen LogP contribution in [0.3, 0.4) is 0 Å². The summed E-state index contributed by atoms with van der Waals surface area (Å²) in [6, 6.07) is 14.9. The van der Waals surface area contributed by atoms with E-state index in [1.807, 2.05) is 48.2 Å². The first-order valence-corrected chi connectivity index (χ1v) is 9.78. The predicted octanol–water partition coefficient (Wildman–Crippen LogP) is 4.13. The van der Waals surface area contributed by atoms with Crippen molar-refractivity contribution < 1.29 is 9.47 Å². The summed E-state index contributed by atoms with van der Waals surface area (Å²) < 4.78 is 11.2. The van der Waals surface area contributed by atoms with Gasteiger partial charge < -0.3 is 14.5 Å². The van der Waals surface area contributed by atoms with Gasteiger partial charge in [0.2, 0.25) is 0 Å². The zero-order valence-electron chi connectivity index (χ0n) is 14.3. The summed E-state index contributed by atoms with van der Waals surface area (Å²) in [4.78, 5) is 19.9. The van der Waals surface area contributed by atoms with Gasteiger partial charge in [0.15, 0.2) is 0 Å². The first-order valence-electron chi connectivity index (χ1n) is 8.73. The van der Waals surface area contributed by atoms with Gasteiger partial charge in [-0.05, 0) is 37.1 Å². The Hall–Kier alpha value is -2.31. The molecule has 26 heavy (non-hydrogen) atoms. The molecule has 3 aromatic rings. The summed E-state index contributed by atoms with van der Waals surface area (Å²) >= 11 is 1.83. The van der Waals surface area contributed by atoms with E-state index in [0.717, 1.165) is 31.8 Å². The smallest absolute Gasteiger partial charge is 0.258 e. The molecule has 0 aliphatic carbocycles. The Morgan fingerprint density at radius 1 is 1.12 bits per heavy atom. The Labute approximate surface area is 155 Å². The number of para-hydroxylation sites is 1. The van der Waals surface area contributed by atoms with Crippen LogP contribution in [-0.4, -0.2) is 28.4 Å². The van der Waals surface area contributed by atoms with Crippen molar-refractivity contribution in [3.8, 4) is 11.5 Å². The molecule has 0 spiro atoms. The molecule has 0 amide bonds. The van der Waals surface area contributed by atoms with E-state index in [0.29, 0.717) is 33.5 Å². The lowest BCUT2D eigenvalue weighted by Gasteiger charge is -2.21. The van der Waals surface area contributed by atoms with Gasteiger partial charge in [0, 0.05) is 24.5 Å². The van der Waals surface area contributed by atoms with Crippen LogP contribution in [0.4, 0.5) is 0 Å². The van der Waals surface area contributed by atoms with Crippen molar-refractivity contribution in [2.75, 3.05) is 13.2 Å². The molecule has 1 aromatic heterocycles. The minimum atomic E-state index is -0.108. The van der Waals surface area contributed by atoms with Crippen LogP contribution in [0.5, 0.6) is 11.5 Å². The summed E-state index contributed by atoms with van der Waals surface area (Å²) in [5.41, 5.74) is 0.550. The van der Waals surface area contributed by atoms with E-state index in [4.69, 9.17) is 9.47 Å². The molecule has 0 radical (unpaired) electrons. The van der Waals surface area contributed by atoms with Crippen LogP contribution in [-0.2, 0) is 10.5 Å². The summed E-state index contributed by atoms with van der Waals surface area (Å²) in [5.74, 6) is 2.83. The zero-order chi connectivity index (χ0) is 17.8. The van der Waals surface area contributed by atoms with Crippen molar-refractivity contribution >= 4 is 22.7 Å². The predicted molar refractivity (Wildman–Crippen MR) is 104 cm³/mol. The molecule has 2 heterocycles. The minimum absolute atomic E-state index is 0.108. The normalized spacial score (nSPS) is 15.2. The van der Waals surface area contributed by atoms with Crippen LogP contribution < -0.4 is 10.3 Å². The summed E-state index contributed by atoms with van der Waals surface area (Å²) in [5, 5.41) is 1.14. The van der Waals surface area contributed by atoms with Gasteiger partial charge in [0.1, 0.15) is 17.3 Å². The van der Waals surface area contributed by atoms with Gasteiger partial charge in [0.25, 0.3) is 5.56 Å². The van der Waals surface area contributed by atoms with Crippen molar-refractivity contribution in [3.05, 3.63) is 64.7 Å². The topological polar surface area (TPSA) is 64.2 Å². The number of thioether (sulfide) groups is 1. The highest BCUT2D eigenvalue weighted by Gasteiger charge is 2.15. The number of nitrogens with one attached hydrogen (secondary N) is 1. The highest BCUT2D eigenvalue weighted by molar-refractivity contribution is 7.99. The molecule has 0 saturated carbocycles. The molecule has 1 N–H and O–H groups in total. The monoisotopic (exact) mass is 368 g/mol. The first kappa shape index (κ1) is 17.1. The van der Waals surface area contributed by atoms with Crippen LogP contribution in [0.25, 0.3) is 10.9 Å². The van der Waals surface area contributed by atoms with Crippen LogP contribution in [0.15, 0.2) is 53.3 Å². The Kier molecular flexibility index (Phi) is 5.22. The molecule has 5 nitrogen and oxygen atoms in total. The van der Waals surface area contributed by atoms with Gasteiger partial charge in [-0.2, -0.15) is 11.8 Å². The minimum Gasteiger partial charge on any atom is -0.457 e. The van der Waals surface area contributed by atoms with Crippen LogP contribution in [0, 0.1) is 0 Å². The van der Waals surface area contributed by atoms with E-state index in [2.05, 4.69) is 9.97 Å². The van der Waals surface area contributed by atoms with Crippen molar-refractivity contribution in [1.82, 2.24) is 9.97 Å². The maximum atomic E-state index is 12.4. The van der Waals surface area contributed by atoms with Gasteiger partial charge in [0.05, 0.1) is 16.7 Å². The maximum Gasteiger partial charge on any atom is 0.258 e. The third-order valence-electron chi connectivity index (χ3n) is 4.33. The number of aromatic amines is 1. The molecule has 1 fully saturated rings. The highest BCUT2D eigenvalue weighted by Crippen LogP contribution is 2.26. The quantitative estimate of drug-likeness (QED) is 0.734. The number of ether oxygens (including phenoxy) is 2. The second-order valence-corrected chi connectivity index (χ2v) is 7.52. The molecule has 0 atom stereocenters. The number of aromatic nitrogens is 2. The summed E-state index contributed by atoms with van der Waals surface area (Å²) in [6.45, 7) is 1.64. The van der Waals surface area contributed by atoms with Gasteiger partial charge in [-0.1, -0.05) is 18.2 Å². The van der Waals surface area contributed by atoms with E-state index in [1.165, 1.54) is 0 Å². The van der Waals surface area contributed by atoms with Gasteiger partial charge in [-0.3, -0.25) is 4.79 Å². The SMILES string of the molecule is O=c1[nH]c(CSC2CCOCC2)nc2cc(Oc3ccccc3)ccc12. The number of nitrogens with zero attached hydrogens (tertiary/aromatic N) is 1. The van der Waals surface area contributed by atoms with Crippen molar-refractivity contribution in [1.29, 1.82) is 0 Å². The number of rotatable bonds is 5. The molecule has 4 rings (SSSR count). The van der Waals surface area contributed by atoms with Crippen LogP contribution in [0.1, 0.15) is 18.7 Å². The average molecular weight is 368 g/mol. The average Bonchev–Trinajstić information content (AvgIpc) is 2.68. The van der Waals surface area contributed by atoms with E-state index >= 15 is 0 Å². The van der Waals surface area contributed by atoms with Crippen LogP contribution in [0.2, 0.25) is 0 Å². The molecule has 134 valence electrons. The number of hydrogen-bond donors (Lipinski definition) is 1. The number of benzene rings is 2. The lowest BCUT2D eigenvalue weighted by molar-refractivity contribution is 0.1000. The third kappa shape index (κ3) is 4.08. The van der Waals surface area contributed by atoms with E-state index in [-0.39, 0.29) is 5.56 Å². The van der Waals surface area contributed by atoms with Crippen LogP contribution >= 0.6 is 11.8 Å².